The zero-order chi connectivity index (χ0) is 21.6. The molecule has 0 spiro atoms. The summed E-state index contributed by atoms with van der Waals surface area (Å²) in [5.74, 6) is 0.611. The van der Waals surface area contributed by atoms with Crippen molar-refractivity contribution < 1.29 is 22.7 Å². The molecule has 3 rings (SSSR count). The molecule has 6 nitrogen and oxygen atoms in total. The molecule has 0 aliphatic carbocycles. The van der Waals surface area contributed by atoms with Gasteiger partial charge in [-0.1, -0.05) is 42.1 Å². The van der Waals surface area contributed by atoms with Gasteiger partial charge in [-0.25, -0.2) is 0 Å². The number of ether oxygens (including phenoxy) is 1. The fourth-order valence-corrected chi connectivity index (χ4v) is 3.49. The Hall–Kier alpha value is -3.01. The fraction of sp³-hybridized carbons (Fsp3) is 0.250. The summed E-state index contributed by atoms with van der Waals surface area (Å²) in [6.45, 7) is 2.66. The summed E-state index contributed by atoms with van der Waals surface area (Å²) in [7, 11) is 0. The smallest absolute Gasteiger partial charge is 0.418 e. The van der Waals surface area contributed by atoms with Gasteiger partial charge in [-0.05, 0) is 31.2 Å². The summed E-state index contributed by atoms with van der Waals surface area (Å²) in [6, 6.07) is 14.1. The third-order valence-corrected chi connectivity index (χ3v) is 5.03. The molecule has 2 aromatic carbocycles. The highest BCUT2D eigenvalue weighted by atomic mass is 32.2. The number of nitrogens with one attached hydrogen (secondary N) is 1. The Morgan fingerprint density at radius 2 is 1.80 bits per heavy atom. The molecular weight excluding hydrogens is 417 g/mol. The van der Waals surface area contributed by atoms with Crippen LogP contribution in [0.25, 0.3) is 0 Å². The SMILES string of the molecule is CCn1c(COc2ccccc2)nnc1SCC(=O)Nc1ccccc1C(F)(F)F. The highest BCUT2D eigenvalue weighted by Gasteiger charge is 2.33. The molecule has 0 aliphatic rings. The topological polar surface area (TPSA) is 69.0 Å². The molecule has 3 aromatic rings. The van der Waals surface area contributed by atoms with Crippen molar-refractivity contribution in [1.82, 2.24) is 14.8 Å². The number of amides is 1. The normalized spacial score (nSPS) is 11.3. The molecule has 1 aromatic heterocycles. The van der Waals surface area contributed by atoms with Crippen LogP contribution in [-0.4, -0.2) is 26.4 Å². The van der Waals surface area contributed by atoms with Gasteiger partial charge in [-0.2, -0.15) is 13.2 Å². The first-order valence-corrected chi connectivity index (χ1v) is 10.1. The van der Waals surface area contributed by atoms with Gasteiger partial charge >= 0.3 is 6.18 Å². The van der Waals surface area contributed by atoms with E-state index in [-0.39, 0.29) is 18.0 Å². The average molecular weight is 436 g/mol. The van der Waals surface area contributed by atoms with E-state index >= 15 is 0 Å². The van der Waals surface area contributed by atoms with Crippen molar-refractivity contribution in [3.05, 3.63) is 66.0 Å². The van der Waals surface area contributed by atoms with Crippen LogP contribution in [0.4, 0.5) is 18.9 Å². The summed E-state index contributed by atoms with van der Waals surface area (Å²) >= 11 is 1.10. The molecule has 0 fully saturated rings. The Morgan fingerprint density at radius 1 is 1.10 bits per heavy atom. The Labute approximate surface area is 175 Å². The zero-order valence-corrected chi connectivity index (χ0v) is 16.8. The number of rotatable bonds is 8. The minimum atomic E-state index is -4.55. The zero-order valence-electron chi connectivity index (χ0n) is 16.0. The molecule has 0 aliphatic heterocycles. The highest BCUT2D eigenvalue weighted by Crippen LogP contribution is 2.34. The monoisotopic (exact) mass is 436 g/mol. The Bertz CT molecular complexity index is 993. The number of hydrogen-bond donors (Lipinski definition) is 1. The first kappa shape index (κ1) is 21.7. The maximum atomic E-state index is 13.1. The first-order chi connectivity index (χ1) is 14.4. The third-order valence-electron chi connectivity index (χ3n) is 4.06. The number of halogens is 3. The molecule has 1 heterocycles. The van der Waals surface area contributed by atoms with Crippen molar-refractivity contribution in [3.63, 3.8) is 0 Å². The van der Waals surface area contributed by atoms with E-state index in [1.165, 1.54) is 18.2 Å². The minimum absolute atomic E-state index is 0.107. The second-order valence-electron chi connectivity index (χ2n) is 6.12. The molecule has 10 heteroatoms. The number of anilines is 1. The number of alkyl halides is 3. The van der Waals surface area contributed by atoms with Crippen LogP contribution in [0.2, 0.25) is 0 Å². The second kappa shape index (κ2) is 9.66. The molecule has 0 atom stereocenters. The Morgan fingerprint density at radius 3 is 2.50 bits per heavy atom. The lowest BCUT2D eigenvalue weighted by atomic mass is 10.1. The van der Waals surface area contributed by atoms with Gasteiger partial charge in [0, 0.05) is 6.54 Å². The number of aromatic nitrogens is 3. The molecule has 0 saturated carbocycles. The van der Waals surface area contributed by atoms with Crippen molar-refractivity contribution in [3.8, 4) is 5.75 Å². The number of carbonyl (C=O) groups excluding carboxylic acids is 1. The molecule has 30 heavy (non-hydrogen) atoms. The third kappa shape index (κ3) is 5.53. The van der Waals surface area contributed by atoms with Gasteiger partial charge in [-0.3, -0.25) is 4.79 Å². The summed E-state index contributed by atoms with van der Waals surface area (Å²) in [6.07, 6.45) is -4.55. The summed E-state index contributed by atoms with van der Waals surface area (Å²) < 4.78 is 46.6. The summed E-state index contributed by atoms with van der Waals surface area (Å²) in [5, 5.41) is 11.0. The van der Waals surface area contributed by atoms with Gasteiger partial charge in [0.2, 0.25) is 5.91 Å². The van der Waals surface area contributed by atoms with Crippen molar-refractivity contribution in [2.24, 2.45) is 0 Å². The average Bonchev–Trinajstić information content (AvgIpc) is 3.13. The van der Waals surface area contributed by atoms with Crippen LogP contribution < -0.4 is 10.1 Å². The van der Waals surface area contributed by atoms with Crippen molar-refractivity contribution in [2.75, 3.05) is 11.1 Å². The highest BCUT2D eigenvalue weighted by molar-refractivity contribution is 7.99. The second-order valence-corrected chi connectivity index (χ2v) is 7.07. The van der Waals surface area contributed by atoms with Crippen LogP contribution in [0.3, 0.4) is 0 Å². The molecular formula is C20H19F3N4O2S. The van der Waals surface area contributed by atoms with E-state index in [0.29, 0.717) is 23.3 Å². The Balaban J connectivity index is 1.61. The first-order valence-electron chi connectivity index (χ1n) is 9.07. The number of thioether (sulfide) groups is 1. The lowest BCUT2D eigenvalue weighted by Crippen LogP contribution is -2.18. The predicted molar refractivity (Wildman–Crippen MR) is 107 cm³/mol. The number of benzene rings is 2. The van der Waals surface area contributed by atoms with Gasteiger partial charge in [0.05, 0.1) is 17.0 Å². The van der Waals surface area contributed by atoms with Crippen LogP contribution in [0.5, 0.6) is 5.75 Å². The van der Waals surface area contributed by atoms with E-state index in [4.69, 9.17) is 4.74 Å². The van der Waals surface area contributed by atoms with Gasteiger partial charge in [0.1, 0.15) is 12.4 Å². The molecule has 0 saturated heterocycles. The number of hydrogen-bond acceptors (Lipinski definition) is 5. The van der Waals surface area contributed by atoms with Gasteiger partial charge in [0.15, 0.2) is 11.0 Å². The van der Waals surface area contributed by atoms with Crippen molar-refractivity contribution in [1.29, 1.82) is 0 Å². The van der Waals surface area contributed by atoms with E-state index in [1.54, 1.807) is 4.57 Å². The van der Waals surface area contributed by atoms with Gasteiger partial charge in [-0.15, -0.1) is 10.2 Å². The summed E-state index contributed by atoms with van der Waals surface area (Å²) in [4.78, 5) is 12.2. The Kier molecular flexibility index (Phi) is 6.99. The number of para-hydroxylation sites is 2. The van der Waals surface area contributed by atoms with Crippen molar-refractivity contribution >= 4 is 23.4 Å². The quantitative estimate of drug-likeness (QED) is 0.522. The maximum Gasteiger partial charge on any atom is 0.418 e. The summed E-state index contributed by atoms with van der Waals surface area (Å²) in [5.41, 5.74) is -1.16. The molecule has 1 N–H and O–H groups in total. The molecule has 0 unspecified atom stereocenters. The predicted octanol–water partition coefficient (Wildman–Crippen LogP) is 4.63. The molecule has 158 valence electrons. The van der Waals surface area contributed by atoms with Crippen LogP contribution in [0.1, 0.15) is 18.3 Å². The standard InChI is InChI=1S/C20H19F3N4O2S/c1-2-27-17(12-29-14-8-4-3-5-9-14)25-26-19(27)30-13-18(28)24-16-11-7-6-10-15(16)20(21,22)23/h3-11H,2,12-13H2,1H3,(H,24,28). The van der Waals surface area contributed by atoms with E-state index in [0.717, 1.165) is 17.8 Å². The molecule has 0 bridgehead atoms. The van der Waals surface area contributed by atoms with E-state index in [9.17, 15) is 18.0 Å². The lowest BCUT2D eigenvalue weighted by Gasteiger charge is -2.13. The van der Waals surface area contributed by atoms with E-state index in [1.807, 2.05) is 37.3 Å². The van der Waals surface area contributed by atoms with Crippen molar-refractivity contribution in [2.45, 2.75) is 31.4 Å². The lowest BCUT2D eigenvalue weighted by molar-refractivity contribution is -0.137. The van der Waals surface area contributed by atoms with Crippen LogP contribution in [0, 0.1) is 0 Å². The number of carbonyl (C=O) groups is 1. The van der Waals surface area contributed by atoms with Crippen LogP contribution in [0.15, 0.2) is 59.8 Å². The van der Waals surface area contributed by atoms with Gasteiger partial charge in [0.25, 0.3) is 0 Å². The van der Waals surface area contributed by atoms with Crippen LogP contribution >= 0.6 is 11.8 Å². The van der Waals surface area contributed by atoms with E-state index < -0.39 is 17.6 Å². The van der Waals surface area contributed by atoms with Gasteiger partial charge < -0.3 is 14.6 Å². The van der Waals surface area contributed by atoms with Crippen LogP contribution in [-0.2, 0) is 24.1 Å². The largest absolute Gasteiger partial charge is 0.486 e. The minimum Gasteiger partial charge on any atom is -0.486 e. The van der Waals surface area contributed by atoms with E-state index in [2.05, 4.69) is 15.5 Å². The molecule has 0 radical (unpaired) electrons. The number of nitrogens with zero attached hydrogens (tertiary/aromatic N) is 3. The maximum absolute atomic E-state index is 13.1. The molecule has 1 amide bonds. The fourth-order valence-electron chi connectivity index (χ4n) is 2.67.